The fraction of sp³-hybridized carbons (Fsp3) is 0.765. The summed E-state index contributed by atoms with van der Waals surface area (Å²) in [5.74, 6) is 0.569. The number of nitrogens with one attached hydrogen (secondary N) is 1. The van der Waals surface area contributed by atoms with Crippen molar-refractivity contribution in [1.82, 2.24) is 19.8 Å². The van der Waals surface area contributed by atoms with Crippen molar-refractivity contribution < 1.29 is 22.7 Å². The fourth-order valence-corrected chi connectivity index (χ4v) is 3.67. The number of carbonyl (C=O) groups is 1. The van der Waals surface area contributed by atoms with E-state index in [-0.39, 0.29) is 24.1 Å². The molecule has 3 atom stereocenters. The van der Waals surface area contributed by atoms with E-state index in [0.717, 1.165) is 25.6 Å². The number of alkyl halides is 3. The molecule has 146 valence electrons. The van der Waals surface area contributed by atoms with Crippen molar-refractivity contribution in [2.75, 3.05) is 20.2 Å². The number of aromatic nitrogens is 2. The molecule has 3 heterocycles. The van der Waals surface area contributed by atoms with Gasteiger partial charge in [0.2, 0.25) is 0 Å². The number of fused-ring (bicyclic) bond motifs is 1. The van der Waals surface area contributed by atoms with Gasteiger partial charge >= 0.3 is 12.2 Å². The molecule has 0 aromatic carbocycles. The summed E-state index contributed by atoms with van der Waals surface area (Å²) >= 11 is 0. The Morgan fingerprint density at radius 2 is 2.27 bits per heavy atom. The smallest absolute Gasteiger partial charge is 0.376 e. The summed E-state index contributed by atoms with van der Waals surface area (Å²) < 4.78 is 45.5. The predicted octanol–water partition coefficient (Wildman–Crippen LogP) is 2.67. The Labute approximate surface area is 150 Å². The number of carbonyl (C=O) groups excluding carboxylic acids is 1. The first kappa shape index (κ1) is 19.0. The molecular weight excluding hydrogens is 349 g/mol. The summed E-state index contributed by atoms with van der Waals surface area (Å²) in [5.41, 5.74) is -0.843. The molecule has 1 aromatic rings. The van der Waals surface area contributed by atoms with Gasteiger partial charge in [-0.25, -0.2) is 9.78 Å². The van der Waals surface area contributed by atoms with Crippen molar-refractivity contribution >= 4 is 6.03 Å². The zero-order chi connectivity index (χ0) is 18.9. The van der Waals surface area contributed by atoms with Gasteiger partial charge < -0.3 is 19.5 Å². The van der Waals surface area contributed by atoms with Crippen molar-refractivity contribution in [3.05, 3.63) is 17.7 Å². The summed E-state index contributed by atoms with van der Waals surface area (Å²) in [7, 11) is 1.71. The molecule has 0 saturated carbocycles. The largest absolute Gasteiger partial charge is 0.434 e. The maximum absolute atomic E-state index is 12.8. The Morgan fingerprint density at radius 3 is 2.92 bits per heavy atom. The molecular formula is C17H25F3N4O2. The number of hydrogen-bond donors (Lipinski definition) is 1. The lowest BCUT2D eigenvalue weighted by Gasteiger charge is -2.29. The van der Waals surface area contributed by atoms with E-state index in [1.54, 1.807) is 16.5 Å². The average molecular weight is 374 g/mol. The molecule has 26 heavy (non-hydrogen) atoms. The Balaban J connectivity index is 1.52. The maximum atomic E-state index is 12.8. The summed E-state index contributed by atoms with van der Waals surface area (Å²) in [5, 5.41) is 2.95. The van der Waals surface area contributed by atoms with Gasteiger partial charge in [0.1, 0.15) is 5.82 Å². The van der Waals surface area contributed by atoms with Gasteiger partial charge in [0, 0.05) is 39.4 Å². The van der Waals surface area contributed by atoms with E-state index in [9.17, 15) is 18.0 Å². The van der Waals surface area contributed by atoms with Crippen LogP contribution in [0.25, 0.3) is 0 Å². The minimum Gasteiger partial charge on any atom is -0.376 e. The van der Waals surface area contributed by atoms with Gasteiger partial charge in [-0.15, -0.1) is 0 Å². The molecule has 1 aromatic heterocycles. The lowest BCUT2D eigenvalue weighted by atomic mass is 9.99. The van der Waals surface area contributed by atoms with E-state index in [0.29, 0.717) is 31.8 Å². The van der Waals surface area contributed by atoms with Crippen LogP contribution in [0.3, 0.4) is 0 Å². The first-order chi connectivity index (χ1) is 12.2. The number of urea groups is 1. The molecule has 6 nitrogen and oxygen atoms in total. The third-order valence-corrected chi connectivity index (χ3v) is 5.13. The Hall–Kier alpha value is -1.77. The second-order valence-electron chi connectivity index (χ2n) is 7.27. The Bertz CT molecular complexity index is 640. The highest BCUT2D eigenvalue weighted by Crippen LogP contribution is 2.30. The number of rotatable bonds is 4. The number of nitrogens with zero attached hydrogens (tertiary/aromatic N) is 3. The van der Waals surface area contributed by atoms with Crippen LogP contribution in [0.5, 0.6) is 0 Å². The van der Waals surface area contributed by atoms with Crippen LogP contribution in [0.15, 0.2) is 6.20 Å². The Kier molecular flexibility index (Phi) is 5.45. The second kappa shape index (κ2) is 7.46. The Morgan fingerprint density at radius 1 is 1.50 bits per heavy atom. The van der Waals surface area contributed by atoms with Crippen LogP contribution in [-0.2, 0) is 23.9 Å². The molecule has 3 rings (SSSR count). The molecule has 9 heteroatoms. The molecule has 0 bridgehead atoms. The number of halogens is 3. The van der Waals surface area contributed by atoms with Gasteiger partial charge in [-0.3, -0.25) is 0 Å². The molecule has 1 N–H and O–H groups in total. The zero-order valence-corrected chi connectivity index (χ0v) is 15.1. The summed E-state index contributed by atoms with van der Waals surface area (Å²) in [4.78, 5) is 17.6. The van der Waals surface area contributed by atoms with Crippen molar-refractivity contribution in [2.45, 2.75) is 57.5 Å². The quantitative estimate of drug-likeness (QED) is 0.882. The molecule has 1 saturated heterocycles. The molecule has 2 amide bonds. The van der Waals surface area contributed by atoms with Crippen molar-refractivity contribution in [2.24, 2.45) is 5.92 Å². The van der Waals surface area contributed by atoms with Crippen molar-refractivity contribution in [3.63, 3.8) is 0 Å². The molecule has 1 fully saturated rings. The van der Waals surface area contributed by atoms with Crippen LogP contribution in [0.2, 0.25) is 0 Å². The topological polar surface area (TPSA) is 59.4 Å². The number of imidazole rings is 1. The van der Waals surface area contributed by atoms with Gasteiger partial charge in [0.25, 0.3) is 0 Å². The van der Waals surface area contributed by atoms with E-state index in [1.807, 2.05) is 6.92 Å². The van der Waals surface area contributed by atoms with Crippen molar-refractivity contribution in [1.29, 1.82) is 0 Å². The summed E-state index contributed by atoms with van der Waals surface area (Å²) in [6.45, 7) is 3.59. The number of ether oxygens (including phenoxy) is 1. The maximum Gasteiger partial charge on any atom is 0.434 e. The first-order valence-electron chi connectivity index (χ1n) is 9.00. The lowest BCUT2D eigenvalue weighted by molar-refractivity contribution is -0.141. The van der Waals surface area contributed by atoms with Crippen LogP contribution >= 0.6 is 0 Å². The molecule has 3 unspecified atom stereocenters. The van der Waals surface area contributed by atoms with Crippen LogP contribution in [0.1, 0.15) is 37.7 Å². The molecule has 0 radical (unpaired) electrons. The average Bonchev–Trinajstić information content (AvgIpc) is 3.23. The highest BCUT2D eigenvalue weighted by atomic mass is 19.4. The fourth-order valence-electron chi connectivity index (χ4n) is 3.67. The SMILES string of the molecule is CC(NC(=O)N(C)CC1CCc2nc(C(F)(F)F)cn2C1)C1CCCO1. The van der Waals surface area contributed by atoms with E-state index >= 15 is 0 Å². The predicted molar refractivity (Wildman–Crippen MR) is 88.6 cm³/mol. The van der Waals surface area contributed by atoms with E-state index in [1.165, 1.54) is 0 Å². The minimum atomic E-state index is -4.42. The lowest BCUT2D eigenvalue weighted by Crippen LogP contribution is -2.48. The first-order valence-corrected chi connectivity index (χ1v) is 9.00. The molecule has 2 aliphatic rings. The van der Waals surface area contributed by atoms with E-state index < -0.39 is 11.9 Å². The highest BCUT2D eigenvalue weighted by Gasteiger charge is 2.36. The van der Waals surface area contributed by atoms with Gasteiger partial charge in [-0.1, -0.05) is 0 Å². The number of aryl methyl sites for hydroxylation is 1. The molecule has 2 aliphatic heterocycles. The minimum absolute atomic E-state index is 0.0522. The standard InChI is InChI=1S/C17H25F3N4O2/c1-11(13-4-3-7-26-13)21-16(25)23(2)8-12-5-6-15-22-14(17(18,19)20)10-24(15)9-12/h10-13H,3-9H2,1-2H3,(H,21,25). The zero-order valence-electron chi connectivity index (χ0n) is 15.1. The van der Waals surface area contributed by atoms with Gasteiger partial charge in [0.05, 0.1) is 12.1 Å². The number of amides is 2. The van der Waals surface area contributed by atoms with E-state index in [2.05, 4.69) is 10.3 Å². The molecule has 0 spiro atoms. The monoisotopic (exact) mass is 374 g/mol. The highest BCUT2D eigenvalue weighted by molar-refractivity contribution is 5.74. The summed E-state index contributed by atoms with van der Waals surface area (Å²) in [6, 6.07) is -0.242. The van der Waals surface area contributed by atoms with Gasteiger partial charge in [-0.2, -0.15) is 13.2 Å². The summed E-state index contributed by atoms with van der Waals surface area (Å²) in [6.07, 6.45) is -0.142. The molecule has 0 aliphatic carbocycles. The van der Waals surface area contributed by atoms with Crippen LogP contribution < -0.4 is 5.32 Å². The van der Waals surface area contributed by atoms with Gasteiger partial charge in [0.15, 0.2) is 5.69 Å². The van der Waals surface area contributed by atoms with Crippen molar-refractivity contribution in [3.8, 4) is 0 Å². The second-order valence-corrected chi connectivity index (χ2v) is 7.27. The third kappa shape index (κ3) is 4.31. The third-order valence-electron chi connectivity index (χ3n) is 5.13. The number of hydrogen-bond acceptors (Lipinski definition) is 3. The van der Waals surface area contributed by atoms with Crippen LogP contribution in [-0.4, -0.2) is 52.8 Å². The van der Waals surface area contributed by atoms with Crippen LogP contribution in [0, 0.1) is 5.92 Å². The van der Waals surface area contributed by atoms with E-state index in [4.69, 9.17) is 4.74 Å². The normalized spacial score (nSPS) is 24.2. The van der Waals surface area contributed by atoms with Gasteiger partial charge in [-0.05, 0) is 32.1 Å². The van der Waals surface area contributed by atoms with Crippen LogP contribution in [0.4, 0.5) is 18.0 Å².